The minimum absolute atomic E-state index is 0.0293. The van der Waals surface area contributed by atoms with Crippen molar-refractivity contribution in [1.29, 1.82) is 0 Å². The zero-order valence-corrected chi connectivity index (χ0v) is 12.3. The standard InChI is InChI=1S/C13H17ClN2O2S/c1-19-11-5-2-9(3-6-11)15-13-7-4-10(16(17)18)8-12(13)14/h4,7-9,11,15H,2-3,5-6H2,1H3. The number of hydrogen-bond donors (Lipinski definition) is 1. The number of nitro benzene ring substituents is 1. The van der Waals surface area contributed by atoms with E-state index in [0.29, 0.717) is 11.1 Å². The predicted octanol–water partition coefficient (Wildman–Crippen LogP) is 4.33. The van der Waals surface area contributed by atoms with Crippen LogP contribution in [0.3, 0.4) is 0 Å². The van der Waals surface area contributed by atoms with Gasteiger partial charge in [0.2, 0.25) is 0 Å². The average Bonchev–Trinajstić information content (AvgIpc) is 2.41. The fourth-order valence-corrected chi connectivity index (χ4v) is 3.37. The normalized spacial score (nSPS) is 23.1. The van der Waals surface area contributed by atoms with Crippen molar-refractivity contribution in [2.75, 3.05) is 11.6 Å². The van der Waals surface area contributed by atoms with Crippen LogP contribution in [-0.2, 0) is 0 Å². The van der Waals surface area contributed by atoms with E-state index in [4.69, 9.17) is 11.6 Å². The van der Waals surface area contributed by atoms with Gasteiger partial charge in [-0.15, -0.1) is 0 Å². The molecule has 0 radical (unpaired) electrons. The first kappa shape index (κ1) is 14.5. The van der Waals surface area contributed by atoms with Crippen molar-refractivity contribution in [1.82, 2.24) is 0 Å². The molecule has 104 valence electrons. The second-order valence-electron chi connectivity index (χ2n) is 4.77. The Labute approximate surface area is 122 Å². The largest absolute Gasteiger partial charge is 0.381 e. The van der Waals surface area contributed by atoms with E-state index in [2.05, 4.69) is 11.6 Å². The Morgan fingerprint density at radius 2 is 2.05 bits per heavy atom. The number of nitro groups is 1. The molecule has 0 amide bonds. The van der Waals surface area contributed by atoms with Crippen molar-refractivity contribution in [3.8, 4) is 0 Å². The Morgan fingerprint density at radius 3 is 2.58 bits per heavy atom. The van der Waals surface area contributed by atoms with Gasteiger partial charge < -0.3 is 5.32 Å². The van der Waals surface area contributed by atoms with Crippen molar-refractivity contribution in [2.45, 2.75) is 37.0 Å². The Balaban J connectivity index is 1.98. The highest BCUT2D eigenvalue weighted by atomic mass is 35.5. The van der Waals surface area contributed by atoms with Crippen LogP contribution in [-0.4, -0.2) is 22.5 Å². The Kier molecular flexibility index (Phi) is 4.93. The summed E-state index contributed by atoms with van der Waals surface area (Å²) in [6.45, 7) is 0. The summed E-state index contributed by atoms with van der Waals surface area (Å²) in [5, 5.41) is 15.2. The van der Waals surface area contributed by atoms with E-state index in [1.54, 1.807) is 6.07 Å². The quantitative estimate of drug-likeness (QED) is 0.664. The van der Waals surface area contributed by atoms with E-state index in [1.807, 2.05) is 11.8 Å². The summed E-state index contributed by atoms with van der Waals surface area (Å²) in [5.41, 5.74) is 0.821. The minimum Gasteiger partial charge on any atom is -0.381 e. The molecule has 0 atom stereocenters. The third-order valence-electron chi connectivity index (χ3n) is 3.53. The lowest BCUT2D eigenvalue weighted by Crippen LogP contribution is -2.27. The number of anilines is 1. The number of hydrogen-bond acceptors (Lipinski definition) is 4. The van der Waals surface area contributed by atoms with Crippen LogP contribution in [0.15, 0.2) is 18.2 Å². The number of benzene rings is 1. The summed E-state index contributed by atoms with van der Waals surface area (Å²) < 4.78 is 0. The fourth-order valence-electron chi connectivity index (χ4n) is 2.40. The molecule has 0 aromatic heterocycles. The number of nitrogens with one attached hydrogen (secondary N) is 1. The number of thioether (sulfide) groups is 1. The van der Waals surface area contributed by atoms with Gasteiger partial charge >= 0.3 is 0 Å². The van der Waals surface area contributed by atoms with E-state index in [9.17, 15) is 10.1 Å². The molecule has 1 aliphatic carbocycles. The van der Waals surface area contributed by atoms with E-state index in [1.165, 1.54) is 25.0 Å². The maximum atomic E-state index is 10.6. The Morgan fingerprint density at radius 1 is 1.37 bits per heavy atom. The maximum absolute atomic E-state index is 10.6. The smallest absolute Gasteiger partial charge is 0.271 e. The molecule has 1 aliphatic rings. The lowest BCUT2D eigenvalue weighted by molar-refractivity contribution is -0.384. The van der Waals surface area contributed by atoms with Crippen LogP contribution >= 0.6 is 23.4 Å². The van der Waals surface area contributed by atoms with E-state index in [0.717, 1.165) is 23.8 Å². The highest BCUT2D eigenvalue weighted by molar-refractivity contribution is 7.99. The average molecular weight is 301 g/mol. The summed E-state index contributed by atoms with van der Waals surface area (Å²) in [4.78, 5) is 10.2. The Bertz CT molecular complexity index is 462. The van der Waals surface area contributed by atoms with Crippen LogP contribution in [0.25, 0.3) is 0 Å². The topological polar surface area (TPSA) is 55.2 Å². The van der Waals surface area contributed by atoms with E-state index < -0.39 is 4.92 Å². The molecule has 2 rings (SSSR count). The van der Waals surface area contributed by atoms with Gasteiger partial charge in [0.25, 0.3) is 5.69 Å². The summed E-state index contributed by atoms with van der Waals surface area (Å²) in [6, 6.07) is 5.00. The molecule has 0 spiro atoms. The van der Waals surface area contributed by atoms with Crippen LogP contribution in [0.4, 0.5) is 11.4 Å². The summed E-state index contributed by atoms with van der Waals surface area (Å²) in [6.07, 6.45) is 6.83. The molecule has 19 heavy (non-hydrogen) atoms. The van der Waals surface area contributed by atoms with Crippen LogP contribution in [0.5, 0.6) is 0 Å². The van der Waals surface area contributed by atoms with Crippen LogP contribution in [0.1, 0.15) is 25.7 Å². The van der Waals surface area contributed by atoms with Crippen LogP contribution < -0.4 is 5.32 Å². The SMILES string of the molecule is CSC1CCC(Nc2ccc([N+](=O)[O-])cc2Cl)CC1. The highest BCUT2D eigenvalue weighted by Crippen LogP contribution is 2.32. The molecule has 6 heteroatoms. The van der Waals surface area contributed by atoms with Gasteiger partial charge in [-0.1, -0.05) is 11.6 Å². The number of nitrogens with zero attached hydrogens (tertiary/aromatic N) is 1. The van der Waals surface area contributed by atoms with Crippen molar-refractivity contribution in [3.63, 3.8) is 0 Å². The van der Waals surface area contributed by atoms with Gasteiger partial charge in [-0.05, 0) is 38.0 Å². The van der Waals surface area contributed by atoms with Gasteiger partial charge in [-0.25, -0.2) is 0 Å². The van der Waals surface area contributed by atoms with Crippen molar-refractivity contribution < 1.29 is 4.92 Å². The van der Waals surface area contributed by atoms with Crippen molar-refractivity contribution in [2.24, 2.45) is 0 Å². The summed E-state index contributed by atoms with van der Waals surface area (Å²) in [7, 11) is 0. The number of rotatable bonds is 4. The predicted molar refractivity (Wildman–Crippen MR) is 81.3 cm³/mol. The second kappa shape index (κ2) is 6.48. The first-order valence-corrected chi connectivity index (χ1v) is 8.00. The first-order chi connectivity index (χ1) is 9.10. The van der Waals surface area contributed by atoms with E-state index in [-0.39, 0.29) is 5.69 Å². The fraction of sp³-hybridized carbons (Fsp3) is 0.538. The van der Waals surface area contributed by atoms with Crippen molar-refractivity contribution >= 4 is 34.7 Å². The lowest BCUT2D eigenvalue weighted by atomic mass is 9.95. The van der Waals surface area contributed by atoms with Crippen LogP contribution in [0.2, 0.25) is 5.02 Å². The molecule has 0 heterocycles. The molecule has 0 saturated heterocycles. The van der Waals surface area contributed by atoms with E-state index >= 15 is 0 Å². The minimum atomic E-state index is -0.431. The van der Waals surface area contributed by atoms with Crippen LogP contribution in [0, 0.1) is 10.1 Å². The molecule has 4 nitrogen and oxygen atoms in total. The zero-order chi connectivity index (χ0) is 13.8. The summed E-state index contributed by atoms with van der Waals surface area (Å²) >= 11 is 8.01. The molecule has 1 aromatic carbocycles. The number of halogens is 1. The molecule has 1 saturated carbocycles. The summed E-state index contributed by atoms with van der Waals surface area (Å²) in [5.74, 6) is 0. The first-order valence-electron chi connectivity index (χ1n) is 6.33. The molecule has 0 aliphatic heterocycles. The zero-order valence-electron chi connectivity index (χ0n) is 10.8. The molecular weight excluding hydrogens is 284 g/mol. The highest BCUT2D eigenvalue weighted by Gasteiger charge is 2.21. The second-order valence-corrected chi connectivity index (χ2v) is 6.32. The lowest BCUT2D eigenvalue weighted by Gasteiger charge is -2.29. The molecular formula is C13H17ClN2O2S. The van der Waals surface area contributed by atoms with Gasteiger partial charge in [0.05, 0.1) is 15.6 Å². The molecule has 1 fully saturated rings. The molecule has 1 N–H and O–H groups in total. The molecule has 1 aromatic rings. The van der Waals surface area contributed by atoms with Gasteiger partial charge in [-0.2, -0.15) is 11.8 Å². The van der Waals surface area contributed by atoms with Gasteiger partial charge in [0, 0.05) is 23.4 Å². The third-order valence-corrected chi connectivity index (χ3v) is 4.98. The molecule has 0 bridgehead atoms. The Hall–Kier alpha value is -0.940. The van der Waals surface area contributed by atoms with Gasteiger partial charge in [0.1, 0.15) is 0 Å². The van der Waals surface area contributed by atoms with Crippen molar-refractivity contribution in [3.05, 3.63) is 33.3 Å². The monoisotopic (exact) mass is 300 g/mol. The van der Waals surface area contributed by atoms with Gasteiger partial charge in [0.15, 0.2) is 0 Å². The maximum Gasteiger partial charge on any atom is 0.271 e. The van der Waals surface area contributed by atoms with Gasteiger partial charge in [-0.3, -0.25) is 10.1 Å². The molecule has 0 unspecified atom stereocenters. The number of non-ortho nitro benzene ring substituents is 1. The third kappa shape index (κ3) is 3.76.